The van der Waals surface area contributed by atoms with Gasteiger partial charge in [-0.1, -0.05) is 25.0 Å². The van der Waals surface area contributed by atoms with Crippen molar-refractivity contribution in [3.8, 4) is 0 Å². The normalized spacial score (nSPS) is 23.2. The summed E-state index contributed by atoms with van der Waals surface area (Å²) in [5.41, 5.74) is 2.47. The highest BCUT2D eigenvalue weighted by Gasteiger charge is 2.48. The molecule has 2 aromatic rings. The maximum Gasteiger partial charge on any atom is 0.233 e. The second-order valence-electron chi connectivity index (χ2n) is 8.58. The predicted octanol–water partition coefficient (Wildman–Crippen LogP) is 3.44. The average Bonchev–Trinajstić information content (AvgIpc) is 3.43. The first-order chi connectivity index (χ1) is 14.2. The minimum Gasteiger partial charge on any atom is -0.332 e. The molecule has 1 aromatic heterocycles. The fourth-order valence-corrected chi connectivity index (χ4v) is 5.36. The number of halogens is 1. The quantitative estimate of drug-likeness (QED) is 0.867. The molecule has 0 bridgehead atoms. The summed E-state index contributed by atoms with van der Waals surface area (Å²) in [5, 5.41) is 3.35. The second kappa shape index (κ2) is 7.48. The van der Waals surface area contributed by atoms with Crippen LogP contribution >= 0.6 is 0 Å². The van der Waals surface area contributed by atoms with Gasteiger partial charge in [0.1, 0.15) is 5.82 Å². The number of amides is 1. The first-order valence-corrected chi connectivity index (χ1v) is 10.8. The number of carbonyl (C=O) groups excluding carboxylic acids is 1. The minimum atomic E-state index is -0.608. The molecule has 3 aliphatic rings. The lowest BCUT2D eigenvalue weighted by Crippen LogP contribution is -2.45. The summed E-state index contributed by atoms with van der Waals surface area (Å²) >= 11 is 0. The van der Waals surface area contributed by atoms with Crippen molar-refractivity contribution in [2.75, 3.05) is 13.1 Å². The zero-order valence-corrected chi connectivity index (χ0v) is 16.7. The molecule has 1 amide bonds. The van der Waals surface area contributed by atoms with E-state index < -0.39 is 5.41 Å². The van der Waals surface area contributed by atoms with E-state index in [9.17, 15) is 9.18 Å². The number of fused-ring (bicyclic) bond motifs is 1. The Morgan fingerprint density at radius 1 is 1.24 bits per heavy atom. The second-order valence-corrected chi connectivity index (χ2v) is 8.58. The van der Waals surface area contributed by atoms with E-state index in [0.29, 0.717) is 0 Å². The maximum absolute atomic E-state index is 14.0. The Morgan fingerprint density at radius 3 is 2.93 bits per heavy atom. The topological polar surface area (TPSA) is 58.1 Å². The first-order valence-electron chi connectivity index (χ1n) is 10.8. The summed E-state index contributed by atoms with van der Waals surface area (Å²) in [4.78, 5) is 25.4. The Kier molecular flexibility index (Phi) is 4.82. The van der Waals surface area contributed by atoms with Crippen LogP contribution in [0.1, 0.15) is 67.2 Å². The summed E-state index contributed by atoms with van der Waals surface area (Å²) < 4.78 is 14.0. The number of rotatable bonds is 3. The van der Waals surface area contributed by atoms with Crippen molar-refractivity contribution in [1.82, 2.24) is 20.2 Å². The molecule has 0 unspecified atom stereocenters. The third-order valence-corrected chi connectivity index (χ3v) is 6.88. The molecule has 1 atom stereocenters. The van der Waals surface area contributed by atoms with Gasteiger partial charge in [-0.05, 0) is 43.4 Å². The van der Waals surface area contributed by atoms with Crippen LogP contribution in [-0.4, -0.2) is 33.9 Å². The molecule has 0 spiro atoms. The minimum absolute atomic E-state index is 0.0753. The Bertz CT molecular complexity index is 925. The average molecular weight is 394 g/mol. The fourth-order valence-electron chi connectivity index (χ4n) is 5.36. The molecule has 1 saturated carbocycles. The number of carbonyl (C=O) groups is 1. The third kappa shape index (κ3) is 3.23. The largest absolute Gasteiger partial charge is 0.332 e. The zero-order chi connectivity index (χ0) is 19.8. The lowest BCUT2D eigenvalue weighted by Gasteiger charge is -2.35. The van der Waals surface area contributed by atoms with Gasteiger partial charge in [0.15, 0.2) is 5.82 Å². The molecule has 1 aromatic carbocycles. The van der Waals surface area contributed by atoms with Gasteiger partial charge in [-0.25, -0.2) is 14.4 Å². The Morgan fingerprint density at radius 2 is 2.10 bits per heavy atom. The van der Waals surface area contributed by atoms with E-state index in [4.69, 9.17) is 4.98 Å². The van der Waals surface area contributed by atoms with Gasteiger partial charge in [-0.15, -0.1) is 0 Å². The highest BCUT2D eigenvalue weighted by atomic mass is 19.1. The van der Waals surface area contributed by atoms with Crippen molar-refractivity contribution < 1.29 is 9.18 Å². The van der Waals surface area contributed by atoms with Gasteiger partial charge >= 0.3 is 0 Å². The van der Waals surface area contributed by atoms with Crippen LogP contribution in [0.15, 0.2) is 30.5 Å². The van der Waals surface area contributed by atoms with Crippen molar-refractivity contribution in [2.24, 2.45) is 0 Å². The molecule has 29 heavy (non-hydrogen) atoms. The van der Waals surface area contributed by atoms with E-state index in [1.807, 2.05) is 17.2 Å². The Hall–Kier alpha value is -2.34. The van der Waals surface area contributed by atoms with Crippen LogP contribution in [0.5, 0.6) is 0 Å². The van der Waals surface area contributed by atoms with E-state index in [1.54, 1.807) is 12.1 Å². The summed E-state index contributed by atoms with van der Waals surface area (Å²) in [7, 11) is 0. The molecule has 2 fully saturated rings. The number of hydrogen-bond acceptors (Lipinski definition) is 4. The molecule has 5 rings (SSSR count). The SMILES string of the molecule is O=C(N1CCC[C@H]1c1ncc2c(n1)CCNC2)C1(c2cccc(F)c2)CCCC1. The van der Waals surface area contributed by atoms with E-state index >= 15 is 0 Å². The van der Waals surface area contributed by atoms with Crippen LogP contribution in [0, 0.1) is 5.82 Å². The van der Waals surface area contributed by atoms with Crippen LogP contribution in [0.2, 0.25) is 0 Å². The van der Waals surface area contributed by atoms with Crippen LogP contribution in [-0.2, 0) is 23.2 Å². The molecule has 5 nitrogen and oxygen atoms in total. The number of likely N-dealkylation sites (tertiary alicyclic amines) is 1. The van der Waals surface area contributed by atoms with Crippen LogP contribution < -0.4 is 5.32 Å². The molecule has 1 N–H and O–H groups in total. The summed E-state index contributed by atoms with van der Waals surface area (Å²) in [6.07, 6.45) is 8.25. The molecule has 6 heteroatoms. The van der Waals surface area contributed by atoms with Crippen LogP contribution in [0.3, 0.4) is 0 Å². The Balaban J connectivity index is 1.48. The van der Waals surface area contributed by atoms with Gasteiger partial charge in [-0.3, -0.25) is 4.79 Å². The standard InChI is InChI=1S/C23H27FN4O/c24-18-6-3-5-17(13-18)23(9-1-2-10-23)22(29)28-12-4-7-20(28)21-26-15-16-14-25-11-8-19(16)27-21/h3,5-6,13,15,20,25H,1-2,4,7-12,14H2/t20-/m0/s1. The number of hydrogen-bond donors (Lipinski definition) is 1. The number of aromatic nitrogens is 2. The van der Waals surface area contributed by atoms with E-state index in [-0.39, 0.29) is 17.8 Å². The molecule has 1 aliphatic carbocycles. The molecule has 2 aliphatic heterocycles. The van der Waals surface area contributed by atoms with E-state index in [2.05, 4.69) is 10.3 Å². The van der Waals surface area contributed by atoms with Gasteiger partial charge in [0.05, 0.1) is 11.5 Å². The number of nitrogens with one attached hydrogen (secondary N) is 1. The molecular weight excluding hydrogens is 367 g/mol. The summed E-state index contributed by atoms with van der Waals surface area (Å²) in [6.45, 7) is 2.47. The van der Waals surface area contributed by atoms with Gasteiger partial charge < -0.3 is 10.2 Å². The monoisotopic (exact) mass is 394 g/mol. The van der Waals surface area contributed by atoms with Gasteiger partial charge in [0, 0.05) is 43.5 Å². The number of benzene rings is 1. The van der Waals surface area contributed by atoms with Crippen molar-refractivity contribution >= 4 is 5.91 Å². The van der Waals surface area contributed by atoms with E-state index in [0.717, 1.165) is 87.2 Å². The fraction of sp³-hybridized carbons (Fsp3) is 0.522. The predicted molar refractivity (Wildman–Crippen MR) is 108 cm³/mol. The van der Waals surface area contributed by atoms with E-state index in [1.165, 1.54) is 6.07 Å². The Labute approximate surface area is 170 Å². The third-order valence-electron chi connectivity index (χ3n) is 6.88. The number of nitrogens with zero attached hydrogens (tertiary/aromatic N) is 3. The smallest absolute Gasteiger partial charge is 0.233 e. The van der Waals surface area contributed by atoms with Gasteiger partial charge in [-0.2, -0.15) is 0 Å². The van der Waals surface area contributed by atoms with Gasteiger partial charge in [0.25, 0.3) is 0 Å². The molecule has 0 radical (unpaired) electrons. The maximum atomic E-state index is 14.0. The molecule has 3 heterocycles. The summed E-state index contributed by atoms with van der Waals surface area (Å²) in [6, 6.07) is 6.57. The highest BCUT2D eigenvalue weighted by molar-refractivity contribution is 5.89. The van der Waals surface area contributed by atoms with Gasteiger partial charge in [0.2, 0.25) is 5.91 Å². The van der Waals surface area contributed by atoms with Crippen molar-refractivity contribution in [2.45, 2.75) is 62.9 Å². The first kappa shape index (κ1) is 18.7. The van der Waals surface area contributed by atoms with Crippen molar-refractivity contribution in [1.29, 1.82) is 0 Å². The zero-order valence-electron chi connectivity index (χ0n) is 16.7. The van der Waals surface area contributed by atoms with Crippen molar-refractivity contribution in [3.63, 3.8) is 0 Å². The van der Waals surface area contributed by atoms with Crippen LogP contribution in [0.4, 0.5) is 4.39 Å². The van der Waals surface area contributed by atoms with Crippen LogP contribution in [0.25, 0.3) is 0 Å². The van der Waals surface area contributed by atoms with Crippen molar-refractivity contribution in [3.05, 3.63) is 58.9 Å². The lowest BCUT2D eigenvalue weighted by molar-refractivity contribution is -0.138. The molecule has 152 valence electrons. The highest BCUT2D eigenvalue weighted by Crippen LogP contribution is 2.45. The summed E-state index contributed by atoms with van der Waals surface area (Å²) in [5.74, 6) is 0.626. The molecular formula is C23H27FN4O. The molecule has 1 saturated heterocycles. The lowest BCUT2D eigenvalue weighted by atomic mass is 9.77.